The number of carbonyl (C=O) groups excluding carboxylic acids is 2. The summed E-state index contributed by atoms with van der Waals surface area (Å²) < 4.78 is 13.3. The summed E-state index contributed by atoms with van der Waals surface area (Å²) in [6, 6.07) is 8.88. The first-order valence-corrected chi connectivity index (χ1v) is 7.96. The van der Waals surface area contributed by atoms with E-state index in [1.165, 1.54) is 23.2 Å². The van der Waals surface area contributed by atoms with Gasteiger partial charge in [-0.3, -0.25) is 14.5 Å². The molecule has 1 aromatic heterocycles. The van der Waals surface area contributed by atoms with Crippen molar-refractivity contribution in [3.63, 3.8) is 0 Å². The Labute approximate surface area is 148 Å². The number of benzene rings is 1. The number of nitrogens with one attached hydrogen (secondary N) is 1. The minimum Gasteiger partial charge on any atom is -0.372 e. The smallest absolute Gasteiger partial charge is 0.270 e. The van der Waals surface area contributed by atoms with Gasteiger partial charge >= 0.3 is 0 Å². The molecule has 0 unspecified atom stereocenters. The number of amides is 2. The Kier molecular flexibility index (Phi) is 4.69. The number of anilines is 1. The molecule has 0 spiro atoms. The van der Waals surface area contributed by atoms with Crippen molar-refractivity contribution in [2.75, 3.05) is 11.4 Å². The molecular weight excluding hydrogens is 349 g/mol. The predicted molar refractivity (Wildman–Crippen MR) is 89.4 cm³/mol. The molecule has 2 N–H and O–H groups in total. The van der Waals surface area contributed by atoms with E-state index >= 15 is 0 Å². The molecule has 1 fully saturated rings. The molecule has 0 aliphatic carbocycles. The Morgan fingerprint density at radius 1 is 1.40 bits per heavy atom. The van der Waals surface area contributed by atoms with Crippen LogP contribution in [0.3, 0.4) is 0 Å². The van der Waals surface area contributed by atoms with Crippen LogP contribution >= 0.6 is 11.6 Å². The van der Waals surface area contributed by atoms with Crippen LogP contribution in [0.1, 0.15) is 12.0 Å². The van der Waals surface area contributed by atoms with Gasteiger partial charge in [0.05, 0.1) is 0 Å². The summed E-state index contributed by atoms with van der Waals surface area (Å²) in [6.45, 7) is 0.112. The Morgan fingerprint density at radius 3 is 2.88 bits per heavy atom. The van der Waals surface area contributed by atoms with Crippen molar-refractivity contribution in [2.24, 2.45) is 0 Å². The van der Waals surface area contributed by atoms with Crippen molar-refractivity contribution < 1.29 is 19.1 Å². The van der Waals surface area contributed by atoms with Crippen molar-refractivity contribution >= 4 is 29.2 Å². The first-order valence-electron chi connectivity index (χ1n) is 7.59. The number of halogens is 2. The van der Waals surface area contributed by atoms with Crippen LogP contribution in [0.5, 0.6) is 0 Å². The summed E-state index contributed by atoms with van der Waals surface area (Å²) >= 11 is 5.76. The number of pyridine rings is 1. The molecule has 0 bridgehead atoms. The van der Waals surface area contributed by atoms with Crippen LogP contribution in [-0.2, 0) is 16.1 Å². The van der Waals surface area contributed by atoms with Gasteiger partial charge in [0.2, 0.25) is 5.60 Å². The third-order valence-corrected chi connectivity index (χ3v) is 4.19. The number of rotatable bonds is 4. The average Bonchev–Trinajstić information content (AvgIpc) is 2.89. The van der Waals surface area contributed by atoms with Crippen LogP contribution in [0.2, 0.25) is 5.02 Å². The molecule has 2 heterocycles. The normalized spacial score (nSPS) is 20.0. The van der Waals surface area contributed by atoms with Gasteiger partial charge in [0.15, 0.2) is 0 Å². The fourth-order valence-corrected chi connectivity index (χ4v) is 2.93. The van der Waals surface area contributed by atoms with Gasteiger partial charge in [-0.1, -0.05) is 17.7 Å². The zero-order valence-electron chi connectivity index (χ0n) is 13.1. The molecule has 0 radical (unpaired) electrons. The van der Waals surface area contributed by atoms with Crippen LogP contribution in [0.25, 0.3) is 0 Å². The minimum absolute atomic E-state index is 0.0574. The second-order valence-corrected chi connectivity index (χ2v) is 6.15. The minimum atomic E-state index is -2.17. The van der Waals surface area contributed by atoms with Crippen LogP contribution in [0.4, 0.5) is 10.2 Å². The van der Waals surface area contributed by atoms with Gasteiger partial charge in [-0.2, -0.15) is 0 Å². The third-order valence-electron chi connectivity index (χ3n) is 3.97. The largest absolute Gasteiger partial charge is 0.372 e. The lowest BCUT2D eigenvalue weighted by atomic mass is 10.0. The van der Waals surface area contributed by atoms with Crippen LogP contribution in [0, 0.1) is 5.82 Å². The molecule has 1 aromatic carbocycles. The highest BCUT2D eigenvalue weighted by molar-refractivity contribution is 6.30. The summed E-state index contributed by atoms with van der Waals surface area (Å²) in [4.78, 5) is 30.1. The van der Waals surface area contributed by atoms with E-state index in [-0.39, 0.29) is 24.5 Å². The quantitative estimate of drug-likeness (QED) is 0.809. The van der Waals surface area contributed by atoms with Gasteiger partial charge < -0.3 is 10.4 Å². The van der Waals surface area contributed by atoms with Crippen LogP contribution < -0.4 is 10.2 Å². The zero-order valence-corrected chi connectivity index (χ0v) is 13.8. The standard InChI is InChI=1S/C17H15ClFN3O3/c18-12-7-11(8-13(19)9-12)10-21-15(23)17(25)4-6-22(16(17)24)14-3-1-2-5-20-14/h1-3,5,7-9,25H,4,6,10H2,(H,21,23)/t17-/m0/s1. The topological polar surface area (TPSA) is 82.5 Å². The van der Waals surface area contributed by atoms with E-state index in [9.17, 15) is 19.1 Å². The molecule has 130 valence electrons. The highest BCUT2D eigenvalue weighted by atomic mass is 35.5. The van der Waals surface area contributed by atoms with Crippen LogP contribution in [0.15, 0.2) is 42.6 Å². The maximum Gasteiger partial charge on any atom is 0.270 e. The Bertz CT molecular complexity index is 798. The Morgan fingerprint density at radius 2 is 2.20 bits per heavy atom. The molecule has 1 saturated heterocycles. The van der Waals surface area contributed by atoms with Gasteiger partial charge in [-0.25, -0.2) is 9.37 Å². The monoisotopic (exact) mass is 363 g/mol. The van der Waals surface area contributed by atoms with Crippen molar-refractivity contribution in [3.8, 4) is 0 Å². The van der Waals surface area contributed by atoms with E-state index in [0.717, 1.165) is 6.07 Å². The molecule has 2 amide bonds. The fourth-order valence-electron chi connectivity index (χ4n) is 2.69. The lowest BCUT2D eigenvalue weighted by Gasteiger charge is -2.21. The Balaban J connectivity index is 1.70. The van der Waals surface area contributed by atoms with Gasteiger partial charge in [-0.05, 0) is 35.9 Å². The zero-order chi connectivity index (χ0) is 18.0. The first kappa shape index (κ1) is 17.3. The molecule has 1 atom stereocenters. The van der Waals surface area contributed by atoms with Gasteiger partial charge in [-0.15, -0.1) is 0 Å². The highest BCUT2D eigenvalue weighted by Crippen LogP contribution is 2.27. The summed E-state index contributed by atoms with van der Waals surface area (Å²) in [5, 5.41) is 13.2. The highest BCUT2D eigenvalue weighted by Gasteiger charge is 2.51. The van der Waals surface area contributed by atoms with E-state index < -0.39 is 23.2 Å². The van der Waals surface area contributed by atoms with E-state index in [2.05, 4.69) is 10.3 Å². The Hall–Kier alpha value is -2.51. The maximum atomic E-state index is 13.3. The van der Waals surface area contributed by atoms with E-state index in [0.29, 0.717) is 11.4 Å². The predicted octanol–water partition coefficient (Wildman–Crippen LogP) is 1.66. The second kappa shape index (κ2) is 6.78. The third kappa shape index (κ3) is 3.47. The van der Waals surface area contributed by atoms with Crippen molar-refractivity contribution in [3.05, 3.63) is 59.0 Å². The SMILES string of the molecule is O=C(NCc1cc(F)cc(Cl)c1)[C@@]1(O)CCN(c2ccccn2)C1=O. The van der Waals surface area contributed by atoms with Gasteiger partial charge in [0, 0.05) is 30.7 Å². The summed E-state index contributed by atoms with van der Waals surface area (Å²) in [5.41, 5.74) is -1.75. The van der Waals surface area contributed by atoms with E-state index in [1.807, 2.05) is 0 Å². The lowest BCUT2D eigenvalue weighted by molar-refractivity contribution is -0.149. The number of nitrogens with zero attached hydrogens (tertiary/aromatic N) is 2. The first-order chi connectivity index (χ1) is 11.9. The lowest BCUT2D eigenvalue weighted by Crippen LogP contribution is -2.52. The van der Waals surface area contributed by atoms with Gasteiger partial charge in [0.25, 0.3) is 11.8 Å². The van der Waals surface area contributed by atoms with Crippen LogP contribution in [-0.4, -0.2) is 34.1 Å². The number of carbonyl (C=O) groups is 2. The molecular formula is C17H15ClFN3O3. The summed E-state index contributed by atoms with van der Waals surface area (Å²) in [6.07, 6.45) is 1.46. The summed E-state index contributed by atoms with van der Waals surface area (Å²) in [7, 11) is 0. The molecule has 8 heteroatoms. The number of aliphatic hydroxyl groups is 1. The molecule has 6 nitrogen and oxygen atoms in total. The van der Waals surface area contributed by atoms with E-state index in [4.69, 9.17) is 11.6 Å². The average molecular weight is 364 g/mol. The number of hydrogen-bond acceptors (Lipinski definition) is 4. The molecule has 0 saturated carbocycles. The molecule has 2 aromatic rings. The van der Waals surface area contributed by atoms with Crippen molar-refractivity contribution in [2.45, 2.75) is 18.6 Å². The molecule has 25 heavy (non-hydrogen) atoms. The molecule has 3 rings (SSSR count). The van der Waals surface area contributed by atoms with Crippen molar-refractivity contribution in [1.29, 1.82) is 0 Å². The molecule has 1 aliphatic rings. The van der Waals surface area contributed by atoms with E-state index in [1.54, 1.807) is 18.2 Å². The fraction of sp³-hybridized carbons (Fsp3) is 0.235. The maximum absolute atomic E-state index is 13.3. The molecule has 1 aliphatic heterocycles. The number of hydrogen-bond donors (Lipinski definition) is 2. The number of aromatic nitrogens is 1. The summed E-state index contributed by atoms with van der Waals surface area (Å²) in [5.74, 6) is -1.74. The van der Waals surface area contributed by atoms with Gasteiger partial charge in [0.1, 0.15) is 11.6 Å². The van der Waals surface area contributed by atoms with Crippen molar-refractivity contribution in [1.82, 2.24) is 10.3 Å². The second-order valence-electron chi connectivity index (χ2n) is 5.72.